The largest absolute Gasteiger partial charge is 0.508 e. The molecule has 2 aromatic carbocycles. The highest BCUT2D eigenvalue weighted by molar-refractivity contribution is 5.97. The quantitative estimate of drug-likeness (QED) is 0.597. The maximum atomic E-state index is 9.33. The Morgan fingerprint density at radius 1 is 1.19 bits per heavy atom. The van der Waals surface area contributed by atoms with Gasteiger partial charge in [-0.2, -0.15) is 0 Å². The topological polar surface area (TPSA) is 53.3 Å². The minimum Gasteiger partial charge on any atom is -0.508 e. The van der Waals surface area contributed by atoms with E-state index in [-0.39, 0.29) is 11.6 Å². The first-order chi connectivity index (χ1) is 7.70. The molecule has 0 heterocycles. The fourth-order valence-corrected chi connectivity index (χ4v) is 1.60. The molecule has 82 valence electrons. The molecular formula is C13H13NO2. The molecule has 0 radical (unpaired) electrons. The second kappa shape index (κ2) is 4.23. The average molecular weight is 215 g/mol. The number of hydrogen-bond donors (Lipinski definition) is 2. The molecule has 0 atom stereocenters. The van der Waals surface area contributed by atoms with Gasteiger partial charge in [0.05, 0.1) is 6.61 Å². The van der Waals surface area contributed by atoms with E-state index in [4.69, 9.17) is 10.1 Å². The van der Waals surface area contributed by atoms with Crippen molar-refractivity contribution in [3.8, 4) is 5.75 Å². The predicted molar refractivity (Wildman–Crippen MR) is 64.1 cm³/mol. The van der Waals surface area contributed by atoms with E-state index in [1.165, 1.54) is 0 Å². The van der Waals surface area contributed by atoms with Crippen LogP contribution < -0.4 is 0 Å². The van der Waals surface area contributed by atoms with Crippen LogP contribution in [0.25, 0.3) is 10.8 Å². The first-order valence-electron chi connectivity index (χ1n) is 5.15. The fraction of sp³-hybridized carbons (Fsp3) is 0.154. The first kappa shape index (κ1) is 10.5. The zero-order chi connectivity index (χ0) is 11.5. The smallest absolute Gasteiger partial charge is 0.213 e. The number of aromatic hydroxyl groups is 1. The van der Waals surface area contributed by atoms with Gasteiger partial charge in [-0.15, -0.1) is 0 Å². The summed E-state index contributed by atoms with van der Waals surface area (Å²) in [6, 6.07) is 10.7. The van der Waals surface area contributed by atoms with Crippen molar-refractivity contribution in [2.24, 2.45) is 0 Å². The SMILES string of the molecule is CCOC(=N)c1ccc2cc(O)ccc2c1. The summed E-state index contributed by atoms with van der Waals surface area (Å²) in [5.41, 5.74) is 0.750. The number of fused-ring (bicyclic) bond motifs is 1. The average Bonchev–Trinajstić information content (AvgIpc) is 2.28. The van der Waals surface area contributed by atoms with E-state index in [1.807, 2.05) is 31.2 Å². The zero-order valence-electron chi connectivity index (χ0n) is 9.03. The molecule has 2 aromatic rings. The van der Waals surface area contributed by atoms with Crippen molar-refractivity contribution < 1.29 is 9.84 Å². The Bertz CT molecular complexity index is 534. The van der Waals surface area contributed by atoms with Gasteiger partial charge in [-0.3, -0.25) is 5.41 Å². The molecule has 0 aliphatic heterocycles. The Kier molecular flexibility index (Phi) is 2.77. The van der Waals surface area contributed by atoms with Crippen molar-refractivity contribution in [1.29, 1.82) is 5.41 Å². The third kappa shape index (κ3) is 1.98. The Balaban J connectivity index is 2.44. The molecule has 0 saturated carbocycles. The van der Waals surface area contributed by atoms with Crippen LogP contribution in [-0.2, 0) is 4.74 Å². The molecule has 0 bridgehead atoms. The molecule has 0 aromatic heterocycles. The molecule has 0 unspecified atom stereocenters. The highest BCUT2D eigenvalue weighted by Crippen LogP contribution is 2.21. The maximum absolute atomic E-state index is 9.33. The standard InChI is InChI=1S/C13H13NO2/c1-2-16-13(14)11-4-3-10-8-12(15)6-5-9(10)7-11/h3-8,14-15H,2H2,1H3. The van der Waals surface area contributed by atoms with Crippen molar-refractivity contribution in [3.63, 3.8) is 0 Å². The van der Waals surface area contributed by atoms with Crippen molar-refractivity contribution >= 4 is 16.7 Å². The van der Waals surface area contributed by atoms with Crippen molar-refractivity contribution in [2.75, 3.05) is 6.61 Å². The molecule has 0 aliphatic carbocycles. The van der Waals surface area contributed by atoms with Gasteiger partial charge in [0.15, 0.2) is 0 Å². The van der Waals surface area contributed by atoms with Gasteiger partial charge < -0.3 is 9.84 Å². The number of phenolic OH excluding ortho intramolecular Hbond substituents is 1. The molecule has 2 N–H and O–H groups in total. The van der Waals surface area contributed by atoms with Crippen LogP contribution >= 0.6 is 0 Å². The van der Waals surface area contributed by atoms with E-state index in [2.05, 4.69) is 0 Å². The molecule has 0 fully saturated rings. The molecular weight excluding hydrogens is 202 g/mol. The van der Waals surface area contributed by atoms with E-state index in [9.17, 15) is 5.11 Å². The summed E-state index contributed by atoms with van der Waals surface area (Å²) in [6.45, 7) is 2.35. The van der Waals surface area contributed by atoms with Gasteiger partial charge in [0.1, 0.15) is 5.75 Å². The van der Waals surface area contributed by atoms with Crippen LogP contribution in [0.3, 0.4) is 0 Å². The lowest BCUT2D eigenvalue weighted by Gasteiger charge is -2.06. The number of ether oxygens (including phenoxy) is 1. The summed E-state index contributed by atoms with van der Waals surface area (Å²) in [4.78, 5) is 0. The van der Waals surface area contributed by atoms with Crippen LogP contribution in [0, 0.1) is 5.41 Å². The van der Waals surface area contributed by atoms with Gasteiger partial charge in [0, 0.05) is 5.56 Å². The summed E-state index contributed by atoms with van der Waals surface area (Å²) in [5.74, 6) is 0.428. The van der Waals surface area contributed by atoms with Crippen LogP contribution in [0.4, 0.5) is 0 Å². The van der Waals surface area contributed by atoms with E-state index >= 15 is 0 Å². The third-order valence-corrected chi connectivity index (χ3v) is 2.37. The van der Waals surface area contributed by atoms with Gasteiger partial charge in [0.2, 0.25) is 5.90 Å². The molecule has 0 saturated heterocycles. The lowest BCUT2D eigenvalue weighted by molar-refractivity contribution is 0.325. The summed E-state index contributed by atoms with van der Waals surface area (Å²) >= 11 is 0. The summed E-state index contributed by atoms with van der Waals surface area (Å²) < 4.78 is 5.13. The minimum atomic E-state index is 0.178. The number of hydrogen-bond acceptors (Lipinski definition) is 3. The van der Waals surface area contributed by atoms with E-state index in [1.54, 1.807) is 12.1 Å². The molecule has 0 spiro atoms. The summed E-state index contributed by atoms with van der Waals surface area (Å²) in [6.07, 6.45) is 0. The Morgan fingerprint density at radius 3 is 2.62 bits per heavy atom. The Labute approximate surface area is 93.8 Å². The molecule has 16 heavy (non-hydrogen) atoms. The van der Waals surface area contributed by atoms with Crippen molar-refractivity contribution in [2.45, 2.75) is 6.92 Å². The van der Waals surface area contributed by atoms with E-state index in [0.29, 0.717) is 6.61 Å². The third-order valence-electron chi connectivity index (χ3n) is 2.37. The molecule has 0 amide bonds. The lowest BCUT2D eigenvalue weighted by atomic mass is 10.1. The van der Waals surface area contributed by atoms with Crippen LogP contribution in [0.2, 0.25) is 0 Å². The summed E-state index contributed by atoms with van der Waals surface area (Å²) in [7, 11) is 0. The number of nitrogens with one attached hydrogen (secondary N) is 1. The number of phenols is 1. The van der Waals surface area contributed by atoms with Crippen LogP contribution in [0.15, 0.2) is 36.4 Å². The van der Waals surface area contributed by atoms with Crippen LogP contribution in [0.5, 0.6) is 5.75 Å². The van der Waals surface area contributed by atoms with Crippen molar-refractivity contribution in [3.05, 3.63) is 42.0 Å². The fourth-order valence-electron chi connectivity index (χ4n) is 1.60. The first-order valence-corrected chi connectivity index (χ1v) is 5.15. The second-order valence-corrected chi connectivity index (χ2v) is 3.51. The molecule has 3 nitrogen and oxygen atoms in total. The van der Waals surface area contributed by atoms with Crippen LogP contribution in [-0.4, -0.2) is 17.6 Å². The Morgan fingerprint density at radius 2 is 1.88 bits per heavy atom. The van der Waals surface area contributed by atoms with Gasteiger partial charge in [0.25, 0.3) is 0 Å². The van der Waals surface area contributed by atoms with Gasteiger partial charge in [-0.05, 0) is 42.0 Å². The van der Waals surface area contributed by atoms with Gasteiger partial charge in [-0.1, -0.05) is 12.1 Å². The second-order valence-electron chi connectivity index (χ2n) is 3.51. The summed E-state index contributed by atoms with van der Waals surface area (Å²) in [5, 5.41) is 18.9. The van der Waals surface area contributed by atoms with Crippen LogP contribution in [0.1, 0.15) is 12.5 Å². The van der Waals surface area contributed by atoms with Gasteiger partial charge >= 0.3 is 0 Å². The molecule has 0 aliphatic rings. The maximum Gasteiger partial charge on any atom is 0.213 e. The zero-order valence-corrected chi connectivity index (χ0v) is 9.03. The molecule has 2 rings (SSSR count). The molecule has 3 heteroatoms. The highest BCUT2D eigenvalue weighted by atomic mass is 16.5. The van der Waals surface area contributed by atoms with E-state index < -0.39 is 0 Å². The monoisotopic (exact) mass is 215 g/mol. The minimum absolute atomic E-state index is 0.178. The number of benzene rings is 2. The predicted octanol–water partition coefficient (Wildman–Crippen LogP) is 2.91. The number of rotatable bonds is 2. The van der Waals surface area contributed by atoms with Gasteiger partial charge in [-0.25, -0.2) is 0 Å². The lowest BCUT2D eigenvalue weighted by Crippen LogP contribution is -2.04. The Hall–Kier alpha value is -2.03. The highest BCUT2D eigenvalue weighted by Gasteiger charge is 2.03. The normalized spacial score (nSPS) is 10.3. The van der Waals surface area contributed by atoms with Crippen molar-refractivity contribution in [1.82, 2.24) is 0 Å². The van der Waals surface area contributed by atoms with E-state index in [0.717, 1.165) is 16.3 Å².